The lowest BCUT2D eigenvalue weighted by Crippen LogP contribution is -2.08. The molecule has 0 N–H and O–H groups in total. The van der Waals surface area contributed by atoms with E-state index in [-0.39, 0.29) is 23.9 Å². The molecule has 0 aromatic heterocycles. The molecule has 3 aromatic carbocycles. The Bertz CT molecular complexity index is 1090. The maximum absolute atomic E-state index is 12.9. The Morgan fingerprint density at radius 2 is 1.55 bits per heavy atom. The van der Waals surface area contributed by atoms with Crippen molar-refractivity contribution in [3.05, 3.63) is 95.3 Å². The first-order valence-corrected chi connectivity index (χ1v) is 8.78. The number of fused-ring (bicyclic) bond motifs is 1. The zero-order chi connectivity index (χ0) is 20.2. The van der Waals surface area contributed by atoms with Crippen molar-refractivity contribution in [1.82, 2.24) is 0 Å². The van der Waals surface area contributed by atoms with E-state index in [2.05, 4.69) is 0 Å². The maximum Gasteiger partial charge on any atom is 0.343 e. The largest absolute Gasteiger partial charge is 0.454 e. The van der Waals surface area contributed by atoms with Crippen LogP contribution in [0.25, 0.3) is 6.08 Å². The molecule has 1 aliphatic rings. The van der Waals surface area contributed by atoms with E-state index in [0.29, 0.717) is 17.1 Å². The number of carbonyl (C=O) groups excluding carboxylic acids is 2. The molecule has 3 aromatic rings. The lowest BCUT2D eigenvalue weighted by Gasteiger charge is -2.05. The van der Waals surface area contributed by atoms with E-state index in [4.69, 9.17) is 14.2 Å². The van der Waals surface area contributed by atoms with Gasteiger partial charge >= 0.3 is 5.97 Å². The molecule has 0 amide bonds. The van der Waals surface area contributed by atoms with E-state index in [1.54, 1.807) is 30.3 Å². The molecule has 0 bridgehead atoms. The third-order valence-electron chi connectivity index (χ3n) is 4.25. The summed E-state index contributed by atoms with van der Waals surface area (Å²) in [4.78, 5) is 24.4. The van der Waals surface area contributed by atoms with Gasteiger partial charge in [0.15, 0.2) is 17.3 Å². The first-order chi connectivity index (χ1) is 14.1. The van der Waals surface area contributed by atoms with E-state index in [9.17, 15) is 14.0 Å². The predicted molar refractivity (Wildman–Crippen MR) is 104 cm³/mol. The molecule has 0 radical (unpaired) electrons. The van der Waals surface area contributed by atoms with E-state index in [1.165, 1.54) is 42.5 Å². The second kappa shape index (κ2) is 7.98. The normalized spacial score (nSPS) is 12.2. The molecule has 1 heterocycles. The highest BCUT2D eigenvalue weighted by Gasteiger charge is 2.13. The van der Waals surface area contributed by atoms with Gasteiger partial charge in [-0.15, -0.1) is 0 Å². The summed E-state index contributed by atoms with van der Waals surface area (Å²) in [5.41, 5.74) is 1.49. The molecule has 144 valence electrons. The number of rotatable bonds is 5. The number of hydrogen-bond acceptors (Lipinski definition) is 5. The number of halogens is 1. The molecule has 1 aliphatic heterocycles. The summed E-state index contributed by atoms with van der Waals surface area (Å²) in [6.45, 7) is 0.194. The first kappa shape index (κ1) is 18.4. The van der Waals surface area contributed by atoms with Crippen LogP contribution in [0.5, 0.6) is 17.2 Å². The SMILES string of the molecule is O=C(/C=C/c1ccc2c(c1)OCO2)c1ccc(OC(=O)c2ccc(F)cc2)cc1. The molecule has 0 saturated carbocycles. The number of allylic oxidation sites excluding steroid dienone is 1. The van der Waals surface area contributed by atoms with Crippen molar-refractivity contribution >= 4 is 17.8 Å². The highest BCUT2D eigenvalue weighted by molar-refractivity contribution is 6.07. The quantitative estimate of drug-likeness (QED) is 0.274. The van der Waals surface area contributed by atoms with Gasteiger partial charge < -0.3 is 14.2 Å². The van der Waals surface area contributed by atoms with Crippen LogP contribution in [0, 0.1) is 5.82 Å². The second-order valence-corrected chi connectivity index (χ2v) is 6.23. The molecule has 4 rings (SSSR count). The van der Waals surface area contributed by atoms with Crippen LogP contribution in [0.4, 0.5) is 4.39 Å². The van der Waals surface area contributed by atoms with Gasteiger partial charge in [0.05, 0.1) is 5.56 Å². The Morgan fingerprint density at radius 1 is 0.862 bits per heavy atom. The standard InChI is InChI=1S/C23H15FO5/c24-18-7-3-17(4-8-18)23(26)29-19-9-5-16(6-10-19)20(25)11-1-15-2-12-21-22(13-15)28-14-27-21/h1-13H,14H2/b11-1+. The zero-order valence-corrected chi connectivity index (χ0v) is 15.1. The number of ketones is 1. The highest BCUT2D eigenvalue weighted by atomic mass is 19.1. The average Bonchev–Trinajstić information content (AvgIpc) is 3.21. The highest BCUT2D eigenvalue weighted by Crippen LogP contribution is 2.32. The van der Waals surface area contributed by atoms with Gasteiger partial charge in [-0.1, -0.05) is 12.1 Å². The van der Waals surface area contributed by atoms with E-state index >= 15 is 0 Å². The minimum Gasteiger partial charge on any atom is -0.454 e. The first-order valence-electron chi connectivity index (χ1n) is 8.78. The molecule has 0 spiro atoms. The van der Waals surface area contributed by atoms with Crippen molar-refractivity contribution in [3.63, 3.8) is 0 Å². The zero-order valence-electron chi connectivity index (χ0n) is 15.1. The summed E-state index contributed by atoms with van der Waals surface area (Å²) in [5.74, 6) is 0.380. The fourth-order valence-electron chi connectivity index (χ4n) is 2.72. The molecule has 5 nitrogen and oxygen atoms in total. The van der Waals surface area contributed by atoms with Crippen LogP contribution in [-0.4, -0.2) is 18.5 Å². The van der Waals surface area contributed by atoms with Gasteiger partial charge in [-0.05, 0) is 72.3 Å². The van der Waals surface area contributed by atoms with Crippen LogP contribution in [0.1, 0.15) is 26.3 Å². The van der Waals surface area contributed by atoms with Gasteiger partial charge in [0, 0.05) is 5.56 Å². The summed E-state index contributed by atoms with van der Waals surface area (Å²) < 4.78 is 28.7. The van der Waals surface area contributed by atoms with E-state index in [1.807, 2.05) is 6.07 Å². The van der Waals surface area contributed by atoms with Gasteiger partial charge in [-0.2, -0.15) is 0 Å². The Hall–Kier alpha value is -3.93. The average molecular weight is 390 g/mol. The summed E-state index contributed by atoms with van der Waals surface area (Å²) in [6, 6.07) is 16.7. The summed E-state index contributed by atoms with van der Waals surface area (Å²) in [7, 11) is 0. The summed E-state index contributed by atoms with van der Waals surface area (Å²) in [6.07, 6.45) is 3.14. The molecule has 0 aliphatic carbocycles. The third-order valence-corrected chi connectivity index (χ3v) is 4.25. The summed E-state index contributed by atoms with van der Waals surface area (Å²) >= 11 is 0. The Labute approximate surface area is 166 Å². The second-order valence-electron chi connectivity index (χ2n) is 6.23. The minimum absolute atomic E-state index is 0.194. The predicted octanol–water partition coefficient (Wildman–Crippen LogP) is 4.67. The lowest BCUT2D eigenvalue weighted by atomic mass is 10.1. The van der Waals surface area contributed by atoms with Crippen LogP contribution in [0.3, 0.4) is 0 Å². The van der Waals surface area contributed by atoms with Crippen molar-refractivity contribution in [3.8, 4) is 17.2 Å². The third kappa shape index (κ3) is 4.32. The van der Waals surface area contributed by atoms with Gasteiger partial charge in [0.2, 0.25) is 6.79 Å². The van der Waals surface area contributed by atoms with E-state index in [0.717, 1.165) is 5.56 Å². The maximum atomic E-state index is 12.9. The lowest BCUT2D eigenvalue weighted by molar-refractivity contribution is 0.0734. The fourth-order valence-corrected chi connectivity index (χ4v) is 2.72. The van der Waals surface area contributed by atoms with Crippen LogP contribution >= 0.6 is 0 Å². The monoisotopic (exact) mass is 390 g/mol. The number of ether oxygens (including phenoxy) is 3. The van der Waals surface area contributed by atoms with Crippen molar-refractivity contribution < 1.29 is 28.2 Å². The summed E-state index contributed by atoms with van der Waals surface area (Å²) in [5, 5.41) is 0. The molecule has 0 unspecified atom stereocenters. The van der Waals surface area contributed by atoms with Gasteiger partial charge in [-0.3, -0.25) is 4.79 Å². The number of benzene rings is 3. The Morgan fingerprint density at radius 3 is 2.31 bits per heavy atom. The van der Waals surface area contributed by atoms with Crippen molar-refractivity contribution in [2.45, 2.75) is 0 Å². The molecule has 29 heavy (non-hydrogen) atoms. The smallest absolute Gasteiger partial charge is 0.343 e. The number of carbonyl (C=O) groups is 2. The molecular formula is C23H15FO5. The van der Waals surface area contributed by atoms with Gasteiger partial charge in [0.1, 0.15) is 11.6 Å². The van der Waals surface area contributed by atoms with Crippen LogP contribution in [0.2, 0.25) is 0 Å². The molecule has 6 heteroatoms. The van der Waals surface area contributed by atoms with Gasteiger partial charge in [-0.25, -0.2) is 9.18 Å². The minimum atomic E-state index is -0.605. The van der Waals surface area contributed by atoms with Crippen LogP contribution in [-0.2, 0) is 0 Å². The topological polar surface area (TPSA) is 61.8 Å². The molecule has 0 saturated heterocycles. The van der Waals surface area contributed by atoms with Gasteiger partial charge in [0.25, 0.3) is 0 Å². The van der Waals surface area contributed by atoms with Crippen molar-refractivity contribution in [1.29, 1.82) is 0 Å². The van der Waals surface area contributed by atoms with Crippen LogP contribution in [0.15, 0.2) is 72.8 Å². The fraction of sp³-hybridized carbons (Fsp3) is 0.0435. The van der Waals surface area contributed by atoms with Crippen molar-refractivity contribution in [2.75, 3.05) is 6.79 Å². The molecule has 0 atom stereocenters. The van der Waals surface area contributed by atoms with Crippen LogP contribution < -0.4 is 14.2 Å². The Kier molecular flexibility index (Phi) is 5.07. The Balaban J connectivity index is 1.40. The molecular weight excluding hydrogens is 375 g/mol. The number of esters is 1. The van der Waals surface area contributed by atoms with Crippen molar-refractivity contribution in [2.24, 2.45) is 0 Å². The molecule has 0 fully saturated rings. The van der Waals surface area contributed by atoms with E-state index < -0.39 is 11.8 Å². The number of hydrogen-bond donors (Lipinski definition) is 0.